The van der Waals surface area contributed by atoms with Crippen LogP contribution in [0.15, 0.2) is 0 Å². The summed E-state index contributed by atoms with van der Waals surface area (Å²) < 4.78 is 19.7. The predicted octanol–water partition coefficient (Wildman–Crippen LogP) is -2.21. The van der Waals surface area contributed by atoms with Gasteiger partial charge in [-0.1, -0.05) is 0 Å². The smallest absolute Gasteiger partial charge is 0.329 e. The van der Waals surface area contributed by atoms with E-state index in [2.05, 4.69) is 5.32 Å². The van der Waals surface area contributed by atoms with Crippen molar-refractivity contribution in [2.75, 3.05) is 32.1 Å². The van der Waals surface area contributed by atoms with Gasteiger partial charge in [-0.15, -0.1) is 0 Å². The first-order chi connectivity index (χ1) is 7.12. The second-order valence-corrected chi connectivity index (χ2v) is 6.59. The molecule has 0 aliphatic rings. The van der Waals surface area contributed by atoms with E-state index in [-0.39, 0.29) is 0 Å². The first kappa shape index (κ1) is 18.5. The van der Waals surface area contributed by atoms with E-state index < -0.39 is 21.1 Å². The van der Waals surface area contributed by atoms with Crippen molar-refractivity contribution in [1.29, 1.82) is 0 Å². The maximum absolute atomic E-state index is 9.85. The third-order valence-electron chi connectivity index (χ3n) is 1.01. The molecule has 0 aromatic heterocycles. The minimum Gasteiger partial charge on any atom is -0.329 e. The Morgan fingerprint density at radius 3 is 1.31 bits per heavy atom. The van der Waals surface area contributed by atoms with Crippen LogP contribution in [0.2, 0.25) is 0 Å². The van der Waals surface area contributed by atoms with Crippen molar-refractivity contribution in [2.24, 2.45) is 11.5 Å². The third-order valence-corrected chi connectivity index (χ3v) is 3.96. The van der Waals surface area contributed by atoms with Gasteiger partial charge in [-0.05, 0) is 0 Å². The lowest BCUT2D eigenvalue weighted by atomic mass is 10.6. The standard InChI is InChI=1S/C4H13N3.CH6O6P2/c5-1-3-7-4-2-6;2-8(3,4)1-9(5,6)7/h7H,1-6H2;1H2,(H2,2,3,4)(H2,5,6,7). The highest BCUT2D eigenvalue weighted by Gasteiger charge is 2.26. The summed E-state index contributed by atoms with van der Waals surface area (Å²) in [5, 5.41) is 3.03. The van der Waals surface area contributed by atoms with E-state index in [0.717, 1.165) is 13.1 Å². The van der Waals surface area contributed by atoms with Crippen molar-refractivity contribution in [2.45, 2.75) is 0 Å². The normalized spacial score (nSPS) is 11.9. The minimum atomic E-state index is -4.55. The summed E-state index contributed by atoms with van der Waals surface area (Å²) >= 11 is 0. The molecule has 0 rings (SSSR count). The molecule has 0 unspecified atom stereocenters. The molecular weight excluding hydrogens is 260 g/mol. The molecule has 0 aromatic rings. The molecule has 0 fully saturated rings. The molecule has 9 N–H and O–H groups in total. The predicted molar refractivity (Wildman–Crippen MR) is 59.9 cm³/mol. The maximum atomic E-state index is 9.85. The summed E-state index contributed by atoms with van der Waals surface area (Å²) in [5.74, 6) is -1.38. The fraction of sp³-hybridized carbons (Fsp3) is 1.00. The van der Waals surface area contributed by atoms with E-state index in [0.29, 0.717) is 13.1 Å². The van der Waals surface area contributed by atoms with Crippen LogP contribution in [0.5, 0.6) is 0 Å². The molecule has 0 bridgehead atoms. The van der Waals surface area contributed by atoms with Gasteiger partial charge in [-0.25, -0.2) is 0 Å². The Morgan fingerprint density at radius 2 is 1.19 bits per heavy atom. The van der Waals surface area contributed by atoms with Crippen LogP contribution < -0.4 is 16.8 Å². The lowest BCUT2D eigenvalue weighted by molar-refractivity contribution is 0.357. The summed E-state index contributed by atoms with van der Waals surface area (Å²) in [7, 11) is -9.10. The summed E-state index contributed by atoms with van der Waals surface area (Å²) in [6.45, 7) is 3.13. The Bertz CT molecular complexity index is 227. The average molecular weight is 279 g/mol. The molecule has 0 saturated heterocycles. The monoisotopic (exact) mass is 279 g/mol. The van der Waals surface area contributed by atoms with Crippen molar-refractivity contribution in [3.63, 3.8) is 0 Å². The highest BCUT2D eigenvalue weighted by molar-refractivity contribution is 7.69. The van der Waals surface area contributed by atoms with Crippen molar-refractivity contribution in [3.05, 3.63) is 0 Å². The average Bonchev–Trinajstić information content (AvgIpc) is 1.99. The van der Waals surface area contributed by atoms with Crippen LogP contribution in [0.3, 0.4) is 0 Å². The second-order valence-electron chi connectivity index (χ2n) is 2.80. The van der Waals surface area contributed by atoms with Crippen LogP contribution in [0.4, 0.5) is 0 Å². The zero-order chi connectivity index (χ0) is 13.2. The van der Waals surface area contributed by atoms with Crippen molar-refractivity contribution in [1.82, 2.24) is 5.32 Å². The molecule has 0 aliphatic heterocycles. The minimum absolute atomic E-state index is 0.694. The van der Waals surface area contributed by atoms with E-state index in [9.17, 15) is 9.13 Å². The zero-order valence-electron chi connectivity index (χ0n) is 8.69. The molecule has 0 atom stereocenters. The zero-order valence-corrected chi connectivity index (χ0v) is 10.5. The van der Waals surface area contributed by atoms with Gasteiger partial charge in [0.05, 0.1) is 0 Å². The SMILES string of the molecule is NCCNCCN.O=P(O)(O)CP(=O)(O)O. The fourth-order valence-corrected chi connectivity index (χ4v) is 2.49. The molecule has 0 aliphatic carbocycles. The van der Waals surface area contributed by atoms with Gasteiger partial charge in [-0.2, -0.15) is 0 Å². The van der Waals surface area contributed by atoms with Crippen LogP contribution in [-0.4, -0.2) is 51.7 Å². The van der Waals surface area contributed by atoms with Gasteiger partial charge in [0, 0.05) is 26.2 Å². The molecule has 0 saturated carbocycles. The molecule has 0 amide bonds. The maximum Gasteiger partial charge on any atom is 0.337 e. The lowest BCUT2D eigenvalue weighted by Gasteiger charge is -2.03. The molecule has 11 heteroatoms. The molecule has 0 radical (unpaired) electrons. The quantitative estimate of drug-likeness (QED) is 0.209. The van der Waals surface area contributed by atoms with Crippen LogP contribution >= 0.6 is 15.2 Å². The Kier molecular flexibility index (Phi) is 10.7. The largest absolute Gasteiger partial charge is 0.337 e. The topological polar surface area (TPSA) is 179 Å². The third kappa shape index (κ3) is 23.8. The summed E-state index contributed by atoms with van der Waals surface area (Å²) in [6.07, 6.45) is 0. The number of nitrogens with one attached hydrogen (secondary N) is 1. The van der Waals surface area contributed by atoms with Crippen molar-refractivity contribution >= 4 is 15.2 Å². The molecule has 0 spiro atoms. The van der Waals surface area contributed by atoms with E-state index in [4.69, 9.17) is 31.0 Å². The van der Waals surface area contributed by atoms with Gasteiger partial charge >= 0.3 is 15.2 Å². The van der Waals surface area contributed by atoms with Crippen LogP contribution in [0.25, 0.3) is 0 Å². The number of hydrogen-bond acceptors (Lipinski definition) is 5. The summed E-state index contributed by atoms with van der Waals surface area (Å²) in [5.41, 5.74) is 10.3. The Balaban J connectivity index is 0. The highest BCUT2D eigenvalue weighted by Crippen LogP contribution is 2.51. The van der Waals surface area contributed by atoms with Crippen LogP contribution in [-0.2, 0) is 9.13 Å². The van der Waals surface area contributed by atoms with E-state index >= 15 is 0 Å². The van der Waals surface area contributed by atoms with Gasteiger partial charge in [0.15, 0.2) is 5.90 Å². The van der Waals surface area contributed by atoms with Crippen LogP contribution in [0, 0.1) is 0 Å². The van der Waals surface area contributed by atoms with E-state index in [1.807, 2.05) is 0 Å². The highest BCUT2D eigenvalue weighted by atomic mass is 31.2. The number of rotatable bonds is 6. The van der Waals surface area contributed by atoms with Gasteiger partial charge in [0.2, 0.25) is 0 Å². The summed E-state index contributed by atoms with van der Waals surface area (Å²) in [4.78, 5) is 31.9. The van der Waals surface area contributed by atoms with E-state index in [1.165, 1.54) is 0 Å². The fourth-order valence-electron chi connectivity index (χ4n) is 0.569. The summed E-state index contributed by atoms with van der Waals surface area (Å²) in [6, 6.07) is 0. The van der Waals surface area contributed by atoms with Crippen molar-refractivity contribution < 1.29 is 28.7 Å². The van der Waals surface area contributed by atoms with Gasteiger partial charge in [0.1, 0.15) is 0 Å². The van der Waals surface area contributed by atoms with Crippen molar-refractivity contribution in [3.8, 4) is 0 Å². The Morgan fingerprint density at radius 1 is 0.875 bits per heavy atom. The Hall–Kier alpha value is 0.180. The first-order valence-corrected chi connectivity index (χ1v) is 7.92. The van der Waals surface area contributed by atoms with Crippen LogP contribution in [0.1, 0.15) is 0 Å². The second kappa shape index (κ2) is 9.23. The lowest BCUT2D eigenvalue weighted by Crippen LogP contribution is -2.27. The first-order valence-electron chi connectivity index (χ1n) is 4.32. The molecule has 0 heterocycles. The molecule has 16 heavy (non-hydrogen) atoms. The molecule has 100 valence electrons. The number of hydrogen-bond donors (Lipinski definition) is 7. The van der Waals surface area contributed by atoms with Gasteiger partial charge in [0.25, 0.3) is 0 Å². The number of nitrogens with two attached hydrogens (primary N) is 2. The van der Waals surface area contributed by atoms with E-state index in [1.54, 1.807) is 0 Å². The molecule has 9 nitrogen and oxygen atoms in total. The molecular formula is C5H19N3O6P2. The Labute approximate surface area is 93.5 Å². The molecule has 0 aromatic carbocycles. The van der Waals surface area contributed by atoms with Gasteiger partial charge < -0.3 is 36.4 Å². The van der Waals surface area contributed by atoms with Gasteiger partial charge in [-0.3, -0.25) is 9.13 Å².